The maximum Gasteiger partial charge on any atom is 0.147 e. The summed E-state index contributed by atoms with van der Waals surface area (Å²) in [5, 5.41) is 8.29. The molecular weight excluding hydrogens is 526 g/mol. The minimum atomic E-state index is 0.947. The van der Waals surface area contributed by atoms with E-state index in [-0.39, 0.29) is 0 Å². The second-order valence-electron chi connectivity index (χ2n) is 11.1. The van der Waals surface area contributed by atoms with Crippen LogP contribution < -0.4 is 0 Å². The van der Waals surface area contributed by atoms with Crippen LogP contribution in [0.5, 0.6) is 0 Å². The Morgan fingerprint density at radius 1 is 0.442 bits per heavy atom. The van der Waals surface area contributed by atoms with Crippen molar-refractivity contribution in [2.45, 2.75) is 0 Å². The van der Waals surface area contributed by atoms with E-state index < -0.39 is 0 Å². The number of nitrogens with zero attached hydrogens (tertiary/aromatic N) is 5. The third-order valence-corrected chi connectivity index (χ3v) is 8.97. The van der Waals surface area contributed by atoms with Crippen molar-refractivity contribution in [1.29, 1.82) is 0 Å². The average Bonchev–Trinajstić information content (AvgIpc) is 3.78. The maximum atomic E-state index is 4.93. The summed E-state index contributed by atoms with van der Waals surface area (Å²) >= 11 is 0. The number of hydrogen-bond acceptors (Lipinski definition) is 2. The molecule has 0 atom stereocenters. The molecule has 0 bridgehead atoms. The predicted octanol–water partition coefficient (Wildman–Crippen LogP) is 9.23. The molecule has 5 aromatic heterocycles. The largest absolute Gasteiger partial charge is 0.309 e. The first-order chi connectivity index (χ1) is 21.4. The summed E-state index contributed by atoms with van der Waals surface area (Å²) in [6.07, 6.45) is 7.78. The van der Waals surface area contributed by atoms with Crippen LogP contribution >= 0.6 is 0 Å². The molecule has 0 amide bonds. The smallest absolute Gasteiger partial charge is 0.147 e. The zero-order chi connectivity index (χ0) is 28.1. The molecule has 200 valence electrons. The van der Waals surface area contributed by atoms with Crippen molar-refractivity contribution in [3.63, 3.8) is 0 Å². The highest BCUT2D eigenvalue weighted by molar-refractivity contribution is 6.31. The summed E-state index contributed by atoms with van der Waals surface area (Å²) in [5.74, 6) is 0. The summed E-state index contributed by atoms with van der Waals surface area (Å²) in [4.78, 5) is 9.45. The molecule has 0 saturated carbocycles. The lowest BCUT2D eigenvalue weighted by Gasteiger charge is -2.13. The lowest BCUT2D eigenvalue weighted by molar-refractivity contribution is 1.17. The van der Waals surface area contributed by atoms with Crippen molar-refractivity contribution in [2.75, 3.05) is 0 Å². The van der Waals surface area contributed by atoms with Crippen LogP contribution in [0.4, 0.5) is 0 Å². The lowest BCUT2D eigenvalue weighted by Crippen LogP contribution is -1.97. The molecular formula is C38H23N5. The molecule has 5 nitrogen and oxygen atoms in total. The summed E-state index contributed by atoms with van der Waals surface area (Å²) in [7, 11) is 0. The second kappa shape index (κ2) is 8.30. The summed E-state index contributed by atoms with van der Waals surface area (Å²) in [5.41, 5.74) is 9.06. The van der Waals surface area contributed by atoms with Crippen molar-refractivity contribution in [1.82, 2.24) is 23.5 Å². The summed E-state index contributed by atoms with van der Waals surface area (Å²) < 4.78 is 7.05. The second-order valence-corrected chi connectivity index (χ2v) is 11.1. The van der Waals surface area contributed by atoms with E-state index >= 15 is 0 Å². The molecule has 5 heterocycles. The van der Waals surface area contributed by atoms with E-state index in [2.05, 4.69) is 140 Å². The van der Waals surface area contributed by atoms with Gasteiger partial charge in [-0.05, 0) is 47.9 Å². The highest BCUT2D eigenvalue weighted by atomic mass is 15.0. The van der Waals surface area contributed by atoms with Gasteiger partial charge in [-0.3, -0.25) is 9.38 Å². The SMILES string of the molecule is c1ccc(-n2c3ccccc3c3c2ccc2c4ccc5c6cnccc6n6ccnc6c5c4n(-c4ccccc4)c23)cc1. The number of fused-ring (bicyclic) bond motifs is 14. The van der Waals surface area contributed by atoms with Crippen LogP contribution in [0.1, 0.15) is 0 Å². The third kappa shape index (κ3) is 2.90. The molecule has 0 radical (unpaired) electrons. The zero-order valence-corrected chi connectivity index (χ0v) is 23.0. The highest BCUT2D eigenvalue weighted by Crippen LogP contribution is 2.45. The van der Waals surface area contributed by atoms with Gasteiger partial charge in [0.05, 0.1) is 33.0 Å². The van der Waals surface area contributed by atoms with E-state index in [9.17, 15) is 0 Å². The Morgan fingerprint density at radius 2 is 1.12 bits per heavy atom. The van der Waals surface area contributed by atoms with Gasteiger partial charge in [-0.2, -0.15) is 0 Å². The first kappa shape index (κ1) is 22.7. The standard InChI is InChI=1S/C38H23N5/c1-3-9-24(10-4-1)42-32-14-8-7-13-29(32)34-33(42)18-17-28-27-16-15-26-30-23-39-20-19-31(30)41-22-21-40-38(41)35(26)37(27)43(36(28)34)25-11-5-2-6-12-25/h1-23H. The Bertz CT molecular complexity index is 2710. The van der Waals surface area contributed by atoms with Crippen LogP contribution in [0, 0.1) is 0 Å². The molecule has 10 rings (SSSR count). The zero-order valence-electron chi connectivity index (χ0n) is 23.0. The number of pyridine rings is 2. The van der Waals surface area contributed by atoms with Crippen LogP contribution in [0.2, 0.25) is 0 Å². The van der Waals surface area contributed by atoms with Crippen molar-refractivity contribution in [3.8, 4) is 11.4 Å². The normalized spacial score (nSPS) is 12.2. The molecule has 43 heavy (non-hydrogen) atoms. The van der Waals surface area contributed by atoms with Gasteiger partial charge in [0, 0.05) is 63.1 Å². The van der Waals surface area contributed by atoms with E-state index in [1.165, 1.54) is 38.1 Å². The first-order valence-corrected chi connectivity index (χ1v) is 14.5. The molecule has 10 aromatic rings. The molecule has 0 N–H and O–H groups in total. The highest BCUT2D eigenvalue weighted by Gasteiger charge is 2.23. The molecule has 0 unspecified atom stereocenters. The van der Waals surface area contributed by atoms with Crippen LogP contribution in [-0.2, 0) is 0 Å². The van der Waals surface area contributed by atoms with Gasteiger partial charge in [0.2, 0.25) is 0 Å². The topological polar surface area (TPSA) is 40.1 Å². The van der Waals surface area contributed by atoms with E-state index in [4.69, 9.17) is 4.98 Å². The van der Waals surface area contributed by atoms with E-state index in [0.717, 1.165) is 44.2 Å². The van der Waals surface area contributed by atoms with Crippen molar-refractivity contribution in [2.24, 2.45) is 0 Å². The molecule has 0 fully saturated rings. The van der Waals surface area contributed by atoms with Gasteiger partial charge < -0.3 is 9.13 Å². The molecule has 0 spiro atoms. The van der Waals surface area contributed by atoms with Gasteiger partial charge >= 0.3 is 0 Å². The fraction of sp³-hybridized carbons (Fsp3) is 0. The van der Waals surface area contributed by atoms with Gasteiger partial charge in [0.25, 0.3) is 0 Å². The van der Waals surface area contributed by atoms with Crippen LogP contribution in [0.25, 0.3) is 82.3 Å². The van der Waals surface area contributed by atoms with Crippen LogP contribution in [0.3, 0.4) is 0 Å². The van der Waals surface area contributed by atoms with Crippen LogP contribution in [0.15, 0.2) is 140 Å². The van der Waals surface area contributed by atoms with E-state index in [1.54, 1.807) is 0 Å². The van der Waals surface area contributed by atoms with Gasteiger partial charge in [-0.1, -0.05) is 72.8 Å². The Labute approximate surface area is 245 Å². The van der Waals surface area contributed by atoms with E-state index in [1.807, 2.05) is 18.6 Å². The number of imidazole rings is 1. The maximum absolute atomic E-state index is 4.93. The number of para-hydroxylation sites is 3. The Morgan fingerprint density at radius 3 is 1.93 bits per heavy atom. The fourth-order valence-electron chi connectivity index (χ4n) is 7.27. The van der Waals surface area contributed by atoms with Gasteiger partial charge in [0.15, 0.2) is 0 Å². The fourth-order valence-corrected chi connectivity index (χ4v) is 7.27. The molecule has 0 aliphatic heterocycles. The number of rotatable bonds is 2. The van der Waals surface area contributed by atoms with E-state index in [0.29, 0.717) is 0 Å². The lowest BCUT2D eigenvalue weighted by atomic mass is 10.0. The molecule has 0 saturated heterocycles. The molecule has 5 heteroatoms. The Balaban J connectivity index is 1.52. The first-order valence-electron chi connectivity index (χ1n) is 14.5. The van der Waals surface area contributed by atoms with Gasteiger partial charge in [-0.15, -0.1) is 0 Å². The van der Waals surface area contributed by atoms with Gasteiger partial charge in [0.1, 0.15) is 5.65 Å². The molecule has 0 aliphatic rings. The van der Waals surface area contributed by atoms with Gasteiger partial charge in [-0.25, -0.2) is 4.98 Å². The van der Waals surface area contributed by atoms with Crippen molar-refractivity contribution in [3.05, 3.63) is 140 Å². The quantitative estimate of drug-likeness (QED) is 0.202. The summed E-state index contributed by atoms with van der Waals surface area (Å²) in [6.45, 7) is 0. The monoisotopic (exact) mass is 549 g/mol. The van der Waals surface area contributed by atoms with Crippen LogP contribution in [-0.4, -0.2) is 23.5 Å². The third-order valence-electron chi connectivity index (χ3n) is 8.97. The Kier molecular flexibility index (Phi) is 4.39. The number of aromatic nitrogens is 5. The number of hydrogen-bond donors (Lipinski definition) is 0. The summed E-state index contributed by atoms with van der Waals surface area (Å²) in [6, 6.07) is 41.4. The minimum absolute atomic E-state index is 0.947. The van der Waals surface area contributed by atoms with Crippen molar-refractivity contribution >= 4 is 70.9 Å². The van der Waals surface area contributed by atoms with Crippen molar-refractivity contribution < 1.29 is 0 Å². The predicted molar refractivity (Wildman–Crippen MR) is 177 cm³/mol. The molecule has 0 aliphatic carbocycles. The minimum Gasteiger partial charge on any atom is -0.309 e. The number of benzene rings is 5. The Hall–Kier alpha value is -5.94. The molecule has 5 aromatic carbocycles. The average molecular weight is 550 g/mol.